The van der Waals surface area contributed by atoms with E-state index in [9.17, 15) is 5.11 Å². The third-order valence-corrected chi connectivity index (χ3v) is 3.74. The van der Waals surface area contributed by atoms with E-state index in [0.29, 0.717) is 17.3 Å². The molecule has 4 N–H and O–H groups in total. The summed E-state index contributed by atoms with van der Waals surface area (Å²) >= 11 is 4.24. The van der Waals surface area contributed by atoms with E-state index in [-0.39, 0.29) is 18.2 Å². The van der Waals surface area contributed by atoms with Crippen LogP contribution in [0.1, 0.15) is 11.4 Å². The van der Waals surface area contributed by atoms with Gasteiger partial charge in [-0.2, -0.15) is 5.10 Å². The Bertz CT molecular complexity index is 645. The highest BCUT2D eigenvalue weighted by atomic mass is 127. The summed E-state index contributed by atoms with van der Waals surface area (Å²) < 4.78 is 3.07. The van der Waals surface area contributed by atoms with Crippen LogP contribution in [0.2, 0.25) is 0 Å². The number of nitrogen functional groups attached to an aromatic ring is 1. The molecule has 108 valence electrons. The van der Waals surface area contributed by atoms with Crippen LogP contribution in [0.4, 0.5) is 5.95 Å². The zero-order valence-corrected chi connectivity index (χ0v) is 15.3. The molecule has 0 bridgehead atoms. The third kappa shape index (κ3) is 3.85. The van der Waals surface area contributed by atoms with E-state index in [2.05, 4.69) is 65.9 Å². The van der Waals surface area contributed by atoms with E-state index in [0.717, 1.165) is 7.14 Å². The number of hydrazone groups is 1. The maximum atomic E-state index is 9.89. The second kappa shape index (κ2) is 7.26. The van der Waals surface area contributed by atoms with Gasteiger partial charge in [-0.1, -0.05) is 0 Å². The second-order valence-corrected chi connectivity index (χ2v) is 6.04. The highest BCUT2D eigenvalue weighted by Gasteiger charge is 2.06. The Hall–Kier alpha value is -0.820. The van der Waals surface area contributed by atoms with E-state index < -0.39 is 0 Å². The number of aromatic hydroxyl groups is 1. The van der Waals surface area contributed by atoms with Crippen LogP contribution in [0.3, 0.4) is 0 Å². The predicted octanol–water partition coefficient (Wildman–Crippen LogP) is 2.08. The van der Waals surface area contributed by atoms with Crippen molar-refractivity contribution in [3.8, 4) is 5.75 Å². The molecule has 0 unspecified atom stereocenters. The van der Waals surface area contributed by atoms with Crippen LogP contribution in [-0.4, -0.2) is 26.2 Å². The quantitative estimate of drug-likeness (QED) is 0.249. The average Bonchev–Trinajstić information content (AvgIpc) is 2.67. The summed E-state index contributed by atoms with van der Waals surface area (Å²) in [5.41, 5.74) is 3.28. The molecule has 0 aliphatic carbocycles. The molecule has 0 spiro atoms. The van der Waals surface area contributed by atoms with Gasteiger partial charge in [0, 0.05) is 9.13 Å². The first-order valence-corrected chi connectivity index (χ1v) is 7.29. The summed E-state index contributed by atoms with van der Waals surface area (Å²) in [6.45, 7) is 1.73. The van der Waals surface area contributed by atoms with E-state index in [1.807, 2.05) is 12.1 Å². The molecule has 1 aromatic carbocycles. The minimum Gasteiger partial charge on any atom is -0.506 e. The minimum atomic E-state index is 0. The lowest BCUT2D eigenvalue weighted by atomic mass is 10.2. The Morgan fingerprint density at radius 1 is 1.40 bits per heavy atom. The van der Waals surface area contributed by atoms with Gasteiger partial charge in [0.1, 0.15) is 5.75 Å². The molecule has 0 atom stereocenters. The molecule has 0 aliphatic rings. The molecule has 0 saturated carbocycles. The molecule has 0 fully saturated rings. The van der Waals surface area contributed by atoms with Crippen molar-refractivity contribution in [2.45, 2.75) is 6.92 Å². The average molecular weight is 521 g/mol. The minimum absolute atomic E-state index is 0. The van der Waals surface area contributed by atoms with E-state index >= 15 is 0 Å². The summed E-state index contributed by atoms with van der Waals surface area (Å²) in [5, 5.41) is 21.5. The van der Waals surface area contributed by atoms with Crippen LogP contribution in [-0.2, 0) is 0 Å². The van der Waals surface area contributed by atoms with Crippen molar-refractivity contribution < 1.29 is 5.11 Å². The fourth-order valence-electron chi connectivity index (χ4n) is 1.29. The molecule has 2 aromatic rings. The molecule has 1 heterocycles. The first kappa shape index (κ1) is 17.2. The topological polar surface area (TPSA) is 101 Å². The Morgan fingerprint density at radius 3 is 2.70 bits per heavy atom. The number of phenols is 1. The Kier molecular flexibility index (Phi) is 6.26. The molecular weight excluding hydrogens is 509 g/mol. The fourth-order valence-corrected chi connectivity index (χ4v) is 3.18. The number of rotatable bonds is 3. The van der Waals surface area contributed by atoms with Gasteiger partial charge >= 0.3 is 0 Å². The number of nitrogens with one attached hydrogen (secondary N) is 1. The van der Waals surface area contributed by atoms with Crippen LogP contribution in [0.5, 0.6) is 5.75 Å². The van der Waals surface area contributed by atoms with Gasteiger partial charge in [-0.05, 0) is 64.2 Å². The number of halogens is 3. The Morgan fingerprint density at radius 2 is 2.10 bits per heavy atom. The summed E-state index contributed by atoms with van der Waals surface area (Å²) in [7, 11) is 0. The van der Waals surface area contributed by atoms with Crippen molar-refractivity contribution in [3.05, 3.63) is 30.7 Å². The Labute approximate surface area is 148 Å². The maximum absolute atomic E-state index is 9.89. The number of aromatic nitrogens is 3. The molecule has 0 radical (unpaired) electrons. The van der Waals surface area contributed by atoms with Crippen molar-refractivity contribution in [2.24, 2.45) is 5.10 Å². The number of aryl methyl sites for hydroxylation is 1. The van der Waals surface area contributed by atoms with E-state index in [4.69, 9.17) is 5.84 Å². The lowest BCUT2D eigenvalue weighted by Crippen LogP contribution is -2.13. The normalized spacial score (nSPS) is 10.6. The number of nitrogens with zero attached hydrogens (tertiary/aromatic N) is 4. The zero-order chi connectivity index (χ0) is 14.0. The van der Waals surface area contributed by atoms with E-state index in [1.165, 1.54) is 10.9 Å². The third-order valence-electron chi connectivity index (χ3n) is 2.29. The summed E-state index contributed by atoms with van der Waals surface area (Å²) in [6, 6.07) is 3.70. The molecule has 0 amide bonds. The number of nitrogens with two attached hydrogens (primary N) is 1. The van der Waals surface area contributed by atoms with Crippen LogP contribution >= 0.6 is 57.6 Å². The summed E-state index contributed by atoms with van der Waals surface area (Å²) in [5.74, 6) is 6.76. The SMILES string of the molecule is Cc1nnc(N/N=C/c2cc(I)cc(I)c2O)n1N.Cl. The largest absolute Gasteiger partial charge is 0.506 e. The van der Waals surface area contributed by atoms with Gasteiger partial charge in [0.25, 0.3) is 5.95 Å². The van der Waals surface area contributed by atoms with Crippen LogP contribution in [0, 0.1) is 14.1 Å². The molecule has 10 heteroatoms. The molecule has 20 heavy (non-hydrogen) atoms. The zero-order valence-electron chi connectivity index (χ0n) is 10.2. The monoisotopic (exact) mass is 520 g/mol. The smallest absolute Gasteiger partial charge is 0.263 e. The standard InChI is InChI=1S/C10H10I2N6O.ClH/c1-5-15-17-10(18(5)13)16-14-4-6-2-7(11)3-8(12)9(6)19;/h2-4,19H,13H2,1H3,(H,16,17);1H/b14-4+;. The van der Waals surface area contributed by atoms with Crippen molar-refractivity contribution >= 4 is 69.8 Å². The highest BCUT2D eigenvalue weighted by molar-refractivity contribution is 14.1. The number of benzene rings is 1. The van der Waals surface area contributed by atoms with Crippen LogP contribution in [0.15, 0.2) is 17.2 Å². The lowest BCUT2D eigenvalue weighted by Gasteiger charge is -2.03. The number of hydrogen-bond donors (Lipinski definition) is 3. The maximum Gasteiger partial charge on any atom is 0.263 e. The summed E-state index contributed by atoms with van der Waals surface area (Å²) in [4.78, 5) is 0. The summed E-state index contributed by atoms with van der Waals surface area (Å²) in [6.07, 6.45) is 1.50. The molecular formula is C10H11ClI2N6O. The van der Waals surface area contributed by atoms with Crippen molar-refractivity contribution in [3.63, 3.8) is 0 Å². The van der Waals surface area contributed by atoms with Gasteiger partial charge in [-0.3, -0.25) is 0 Å². The second-order valence-electron chi connectivity index (χ2n) is 3.64. The van der Waals surface area contributed by atoms with Crippen LogP contribution in [0.25, 0.3) is 0 Å². The van der Waals surface area contributed by atoms with Gasteiger partial charge in [0.05, 0.1) is 9.78 Å². The molecule has 2 rings (SSSR count). The van der Waals surface area contributed by atoms with Gasteiger partial charge in [-0.25, -0.2) is 10.1 Å². The number of hydrogen-bond acceptors (Lipinski definition) is 6. The molecule has 0 aliphatic heterocycles. The van der Waals surface area contributed by atoms with Crippen molar-refractivity contribution in [1.82, 2.24) is 14.9 Å². The van der Waals surface area contributed by atoms with Gasteiger partial charge in [0.15, 0.2) is 5.82 Å². The van der Waals surface area contributed by atoms with Gasteiger partial charge in [-0.15, -0.1) is 22.6 Å². The highest BCUT2D eigenvalue weighted by Crippen LogP contribution is 2.25. The molecule has 7 nitrogen and oxygen atoms in total. The first-order valence-electron chi connectivity index (χ1n) is 5.13. The molecule has 0 saturated heterocycles. The van der Waals surface area contributed by atoms with Crippen molar-refractivity contribution in [1.29, 1.82) is 0 Å². The van der Waals surface area contributed by atoms with Crippen molar-refractivity contribution in [2.75, 3.05) is 11.3 Å². The first-order chi connectivity index (χ1) is 8.99. The van der Waals surface area contributed by atoms with Gasteiger partial charge in [0.2, 0.25) is 0 Å². The number of phenolic OH excluding ortho intramolecular Hbond substituents is 1. The predicted molar refractivity (Wildman–Crippen MR) is 96.9 cm³/mol. The number of anilines is 1. The lowest BCUT2D eigenvalue weighted by molar-refractivity contribution is 0.470. The Balaban J connectivity index is 0.00000200. The molecule has 1 aromatic heterocycles. The van der Waals surface area contributed by atoms with Crippen LogP contribution < -0.4 is 11.3 Å². The van der Waals surface area contributed by atoms with Gasteiger partial charge < -0.3 is 10.9 Å². The fraction of sp³-hybridized carbons (Fsp3) is 0.100. The van der Waals surface area contributed by atoms with E-state index in [1.54, 1.807) is 6.92 Å².